The Kier molecular flexibility index (Phi) is 6.43. The van der Waals surface area contributed by atoms with Crippen LogP contribution in [0.25, 0.3) is 0 Å². The van der Waals surface area contributed by atoms with Gasteiger partial charge in [-0.05, 0) is 54.9 Å². The number of aliphatic hydroxyl groups is 2. The van der Waals surface area contributed by atoms with Crippen LogP contribution in [0.1, 0.15) is 58.6 Å². The maximum absolute atomic E-state index is 10.7. The van der Waals surface area contributed by atoms with Crippen molar-refractivity contribution < 1.29 is 14.9 Å². The molecule has 3 heteroatoms. The van der Waals surface area contributed by atoms with Crippen LogP contribution < -0.4 is 4.74 Å². The van der Waals surface area contributed by atoms with E-state index in [0.717, 1.165) is 24.8 Å². The molecular formula is C18H28O3. The van der Waals surface area contributed by atoms with Gasteiger partial charge in [0, 0.05) is 0 Å². The summed E-state index contributed by atoms with van der Waals surface area (Å²) < 4.78 is 5.35. The first-order valence-electron chi connectivity index (χ1n) is 7.68. The molecule has 0 aliphatic rings. The van der Waals surface area contributed by atoms with Crippen molar-refractivity contribution >= 4 is 0 Å². The maximum Gasteiger partial charge on any atom is 0.219 e. The first-order valence-corrected chi connectivity index (χ1v) is 7.68. The number of ether oxygens (including phenoxy) is 1. The van der Waals surface area contributed by atoms with Gasteiger partial charge < -0.3 is 14.9 Å². The number of aliphatic hydroxyl groups excluding tert-OH is 2. The number of hydrogen-bond donors (Lipinski definition) is 2. The Bertz CT molecular complexity index is 438. The summed E-state index contributed by atoms with van der Waals surface area (Å²) >= 11 is 0. The van der Waals surface area contributed by atoms with Gasteiger partial charge in [0.25, 0.3) is 0 Å². The highest BCUT2D eigenvalue weighted by Crippen LogP contribution is 2.43. The lowest BCUT2D eigenvalue weighted by Gasteiger charge is -2.36. The third-order valence-corrected chi connectivity index (χ3v) is 4.56. The zero-order valence-corrected chi connectivity index (χ0v) is 13.6. The third kappa shape index (κ3) is 4.08. The fourth-order valence-electron chi connectivity index (χ4n) is 2.64. The highest BCUT2D eigenvalue weighted by atomic mass is 16.6. The molecule has 2 N–H and O–H groups in total. The Balaban J connectivity index is 2.89. The van der Waals surface area contributed by atoms with Crippen LogP contribution in [0.15, 0.2) is 36.4 Å². The largest absolute Gasteiger partial charge is 0.461 e. The minimum Gasteiger partial charge on any atom is -0.461 e. The lowest BCUT2D eigenvalue weighted by atomic mass is 9.72. The predicted octanol–water partition coefficient (Wildman–Crippen LogP) is 4.21. The standard InChI is InChI=1S/C18H28O3/c1-6-18(7-2,8-3)16(19)14-9-11-15(12-10-14)21-17(20)13(4)5/h9-12,16-17,19-20H,4,6-8H2,1-3,5H3. The van der Waals surface area contributed by atoms with E-state index in [1.54, 1.807) is 19.1 Å². The molecule has 0 aromatic heterocycles. The second-order valence-electron chi connectivity index (χ2n) is 5.71. The van der Waals surface area contributed by atoms with E-state index in [1.807, 2.05) is 12.1 Å². The molecule has 0 spiro atoms. The summed E-state index contributed by atoms with van der Waals surface area (Å²) in [5, 5.41) is 20.3. The molecule has 0 fully saturated rings. The fraction of sp³-hybridized carbons (Fsp3) is 0.556. The van der Waals surface area contributed by atoms with Crippen LogP contribution in [0.3, 0.4) is 0 Å². The molecule has 1 aromatic carbocycles. The Hall–Kier alpha value is -1.32. The monoisotopic (exact) mass is 292 g/mol. The lowest BCUT2D eigenvalue weighted by Crippen LogP contribution is -2.27. The fourth-order valence-corrected chi connectivity index (χ4v) is 2.64. The van der Waals surface area contributed by atoms with E-state index in [2.05, 4.69) is 27.4 Å². The average Bonchev–Trinajstić information content (AvgIpc) is 2.50. The zero-order valence-electron chi connectivity index (χ0n) is 13.6. The molecule has 0 heterocycles. The molecule has 2 unspecified atom stereocenters. The van der Waals surface area contributed by atoms with Crippen LogP contribution in [0, 0.1) is 5.41 Å². The minimum atomic E-state index is -0.998. The van der Waals surface area contributed by atoms with Crippen LogP contribution in [-0.2, 0) is 0 Å². The number of rotatable bonds is 8. The van der Waals surface area contributed by atoms with Gasteiger partial charge in [0.1, 0.15) is 5.75 Å². The van der Waals surface area contributed by atoms with Crippen molar-refractivity contribution in [3.8, 4) is 5.75 Å². The van der Waals surface area contributed by atoms with Gasteiger partial charge in [0.2, 0.25) is 6.29 Å². The van der Waals surface area contributed by atoms with Crippen molar-refractivity contribution in [3.05, 3.63) is 42.0 Å². The Morgan fingerprint density at radius 3 is 1.95 bits per heavy atom. The summed E-state index contributed by atoms with van der Waals surface area (Å²) in [6, 6.07) is 7.27. The first kappa shape index (κ1) is 17.7. The third-order valence-electron chi connectivity index (χ3n) is 4.56. The van der Waals surface area contributed by atoms with Gasteiger partial charge in [-0.15, -0.1) is 0 Å². The number of benzene rings is 1. The summed E-state index contributed by atoms with van der Waals surface area (Å²) in [7, 11) is 0. The molecule has 1 rings (SSSR count). The highest BCUT2D eigenvalue weighted by molar-refractivity contribution is 5.30. The van der Waals surface area contributed by atoms with E-state index in [9.17, 15) is 10.2 Å². The minimum absolute atomic E-state index is 0.0837. The van der Waals surface area contributed by atoms with E-state index in [0.29, 0.717) is 11.3 Å². The van der Waals surface area contributed by atoms with Crippen molar-refractivity contribution in [2.75, 3.05) is 0 Å². The Morgan fingerprint density at radius 1 is 1.10 bits per heavy atom. The Morgan fingerprint density at radius 2 is 1.57 bits per heavy atom. The van der Waals surface area contributed by atoms with Gasteiger partial charge in [-0.3, -0.25) is 0 Å². The highest BCUT2D eigenvalue weighted by Gasteiger charge is 2.33. The molecule has 1 aromatic rings. The van der Waals surface area contributed by atoms with Crippen LogP contribution in [-0.4, -0.2) is 16.5 Å². The molecule has 0 aliphatic heterocycles. The summed E-state index contributed by atoms with van der Waals surface area (Å²) in [5.74, 6) is 0.566. The van der Waals surface area contributed by atoms with Gasteiger partial charge >= 0.3 is 0 Å². The van der Waals surface area contributed by atoms with Gasteiger partial charge in [0.15, 0.2) is 0 Å². The van der Waals surface area contributed by atoms with Gasteiger partial charge in [0.05, 0.1) is 6.10 Å². The summed E-state index contributed by atoms with van der Waals surface area (Å²) in [5.41, 5.74) is 1.36. The molecule has 0 saturated carbocycles. The molecule has 0 bridgehead atoms. The smallest absolute Gasteiger partial charge is 0.219 e. The second-order valence-corrected chi connectivity index (χ2v) is 5.71. The van der Waals surface area contributed by atoms with E-state index in [4.69, 9.17) is 4.74 Å². The zero-order chi connectivity index (χ0) is 16.0. The van der Waals surface area contributed by atoms with Crippen molar-refractivity contribution in [1.82, 2.24) is 0 Å². The van der Waals surface area contributed by atoms with Crippen LogP contribution in [0.5, 0.6) is 5.75 Å². The normalized spacial score (nSPS) is 14.6. The van der Waals surface area contributed by atoms with E-state index >= 15 is 0 Å². The molecule has 0 aliphatic carbocycles. The molecule has 0 amide bonds. The average molecular weight is 292 g/mol. The lowest BCUT2D eigenvalue weighted by molar-refractivity contribution is 0.0110. The van der Waals surface area contributed by atoms with Crippen LogP contribution in [0.4, 0.5) is 0 Å². The maximum atomic E-state index is 10.7. The summed E-state index contributed by atoms with van der Waals surface area (Å²) in [4.78, 5) is 0. The molecule has 3 nitrogen and oxygen atoms in total. The second kappa shape index (κ2) is 7.62. The molecule has 0 radical (unpaired) electrons. The topological polar surface area (TPSA) is 49.7 Å². The predicted molar refractivity (Wildman–Crippen MR) is 86.2 cm³/mol. The quantitative estimate of drug-likeness (QED) is 0.557. The van der Waals surface area contributed by atoms with Crippen molar-refractivity contribution in [2.24, 2.45) is 5.41 Å². The van der Waals surface area contributed by atoms with Crippen molar-refractivity contribution in [2.45, 2.75) is 59.4 Å². The molecule has 21 heavy (non-hydrogen) atoms. The number of hydrogen-bond acceptors (Lipinski definition) is 3. The molecule has 118 valence electrons. The van der Waals surface area contributed by atoms with Crippen LogP contribution in [0.2, 0.25) is 0 Å². The van der Waals surface area contributed by atoms with Gasteiger partial charge in [-0.25, -0.2) is 0 Å². The molecule has 2 atom stereocenters. The van der Waals surface area contributed by atoms with Crippen LogP contribution >= 0.6 is 0 Å². The van der Waals surface area contributed by atoms with E-state index in [1.165, 1.54) is 0 Å². The SMILES string of the molecule is C=C(C)C(O)Oc1ccc(C(O)C(CC)(CC)CC)cc1. The van der Waals surface area contributed by atoms with Crippen molar-refractivity contribution in [1.29, 1.82) is 0 Å². The molecule has 0 saturated heterocycles. The van der Waals surface area contributed by atoms with E-state index in [-0.39, 0.29) is 5.41 Å². The molecular weight excluding hydrogens is 264 g/mol. The summed E-state index contributed by atoms with van der Waals surface area (Å²) in [6.45, 7) is 11.7. The Labute approximate surface area is 128 Å². The van der Waals surface area contributed by atoms with Crippen molar-refractivity contribution in [3.63, 3.8) is 0 Å². The van der Waals surface area contributed by atoms with Gasteiger partial charge in [-0.2, -0.15) is 0 Å². The summed E-state index contributed by atoms with van der Waals surface area (Å²) in [6.07, 6.45) is 1.33. The first-order chi connectivity index (χ1) is 9.90. The van der Waals surface area contributed by atoms with E-state index < -0.39 is 12.4 Å². The van der Waals surface area contributed by atoms with Gasteiger partial charge in [-0.1, -0.05) is 39.5 Å².